The molecule has 8 nitrogen and oxygen atoms in total. The molecule has 1 aromatic heterocycles. The van der Waals surface area contributed by atoms with Gasteiger partial charge in [-0.3, -0.25) is 14.5 Å². The fourth-order valence-corrected chi connectivity index (χ4v) is 4.08. The zero-order valence-corrected chi connectivity index (χ0v) is 18.3. The molecule has 1 fully saturated rings. The number of rotatable bonds is 6. The van der Waals surface area contributed by atoms with Crippen LogP contribution >= 0.6 is 0 Å². The van der Waals surface area contributed by atoms with Crippen LogP contribution in [0.2, 0.25) is 0 Å². The van der Waals surface area contributed by atoms with Crippen LogP contribution in [-0.2, 0) is 27.4 Å². The number of nitrogens with one attached hydrogen (secondary N) is 1. The number of benzene rings is 2. The van der Waals surface area contributed by atoms with E-state index in [1.54, 1.807) is 17.0 Å². The van der Waals surface area contributed by atoms with E-state index in [2.05, 4.69) is 5.32 Å². The number of carbonyl (C=O) groups excluding carboxylic acids is 2. The van der Waals surface area contributed by atoms with Gasteiger partial charge in [0, 0.05) is 30.2 Å². The number of ether oxygens (including phenoxy) is 2. The summed E-state index contributed by atoms with van der Waals surface area (Å²) in [5.41, 5.74) is 3.38. The van der Waals surface area contributed by atoms with E-state index in [0.29, 0.717) is 51.4 Å². The minimum absolute atomic E-state index is 0.0681. The molecule has 0 unspecified atom stereocenters. The average molecular weight is 447 g/mol. The lowest BCUT2D eigenvalue weighted by molar-refractivity contribution is -0.119. The molecule has 3 aromatic rings. The quantitative estimate of drug-likeness (QED) is 0.629. The van der Waals surface area contributed by atoms with Crippen LogP contribution in [0, 0.1) is 0 Å². The number of fused-ring (bicyclic) bond motifs is 1. The second-order valence-corrected chi connectivity index (χ2v) is 8.18. The molecule has 2 aromatic carbocycles. The molecule has 0 aliphatic carbocycles. The Hall–Kier alpha value is -3.49. The Labute approximate surface area is 192 Å². The Kier molecular flexibility index (Phi) is 6.19. The number of amides is 2. The van der Waals surface area contributed by atoms with Crippen molar-refractivity contribution in [1.82, 2.24) is 15.1 Å². The summed E-state index contributed by atoms with van der Waals surface area (Å²) in [5, 5.41) is 7.58. The average Bonchev–Trinajstić information content (AvgIpc) is 3.31. The van der Waals surface area contributed by atoms with Crippen molar-refractivity contribution in [2.45, 2.75) is 25.6 Å². The summed E-state index contributed by atoms with van der Waals surface area (Å²) >= 11 is 0. The standard InChI is InChI=1S/C25H26N4O4/c30-24-10-11-29-23(14-22(27-29)19-4-2-1-3-5-19)28(24)16-18-6-8-20(9-7-18)25(31)26-15-21-17-32-12-13-33-21/h1-9,14,21H,10-13,15-17H2,(H,26,31)/t21-/m0/s1. The van der Waals surface area contributed by atoms with E-state index in [0.717, 1.165) is 22.6 Å². The van der Waals surface area contributed by atoms with Crippen molar-refractivity contribution in [1.29, 1.82) is 0 Å². The van der Waals surface area contributed by atoms with Crippen LogP contribution in [0.1, 0.15) is 22.3 Å². The smallest absolute Gasteiger partial charge is 0.251 e. The van der Waals surface area contributed by atoms with Gasteiger partial charge in [-0.1, -0.05) is 42.5 Å². The predicted molar refractivity (Wildman–Crippen MR) is 123 cm³/mol. The first-order chi connectivity index (χ1) is 16.2. The van der Waals surface area contributed by atoms with Crippen molar-refractivity contribution >= 4 is 17.6 Å². The maximum atomic E-state index is 12.7. The van der Waals surface area contributed by atoms with Crippen LogP contribution in [0.3, 0.4) is 0 Å². The predicted octanol–water partition coefficient (Wildman–Crippen LogP) is 2.63. The van der Waals surface area contributed by atoms with Crippen LogP contribution < -0.4 is 10.2 Å². The summed E-state index contributed by atoms with van der Waals surface area (Å²) in [4.78, 5) is 26.9. The van der Waals surface area contributed by atoms with Crippen molar-refractivity contribution in [3.8, 4) is 11.3 Å². The summed E-state index contributed by atoms with van der Waals surface area (Å²) < 4.78 is 12.8. The van der Waals surface area contributed by atoms with Crippen molar-refractivity contribution < 1.29 is 19.1 Å². The first kappa shape index (κ1) is 21.4. The molecule has 170 valence electrons. The van der Waals surface area contributed by atoms with Gasteiger partial charge in [0.05, 0.1) is 44.7 Å². The first-order valence-corrected chi connectivity index (χ1v) is 11.2. The molecule has 33 heavy (non-hydrogen) atoms. The zero-order valence-electron chi connectivity index (χ0n) is 18.3. The van der Waals surface area contributed by atoms with Crippen molar-refractivity contribution in [2.24, 2.45) is 0 Å². The van der Waals surface area contributed by atoms with E-state index in [4.69, 9.17) is 14.6 Å². The van der Waals surface area contributed by atoms with Crippen LogP contribution in [0.15, 0.2) is 60.7 Å². The van der Waals surface area contributed by atoms with E-state index in [-0.39, 0.29) is 17.9 Å². The third kappa shape index (κ3) is 4.81. The molecule has 0 saturated carbocycles. The van der Waals surface area contributed by atoms with Gasteiger partial charge >= 0.3 is 0 Å². The van der Waals surface area contributed by atoms with Gasteiger partial charge < -0.3 is 14.8 Å². The summed E-state index contributed by atoms with van der Waals surface area (Å²) in [5.74, 6) is 0.704. The first-order valence-electron chi connectivity index (χ1n) is 11.2. The number of nitrogens with zero attached hydrogens (tertiary/aromatic N) is 3. The monoisotopic (exact) mass is 446 g/mol. The minimum atomic E-state index is -0.157. The molecule has 3 heterocycles. The second-order valence-electron chi connectivity index (χ2n) is 8.18. The number of anilines is 1. The molecule has 5 rings (SSSR count). The molecule has 2 aliphatic rings. The van der Waals surface area contributed by atoms with E-state index in [1.165, 1.54) is 0 Å². The molecular weight excluding hydrogens is 420 g/mol. The third-order valence-electron chi connectivity index (χ3n) is 5.88. The highest BCUT2D eigenvalue weighted by Gasteiger charge is 2.26. The van der Waals surface area contributed by atoms with Crippen molar-refractivity contribution in [3.05, 3.63) is 71.8 Å². The van der Waals surface area contributed by atoms with Gasteiger partial charge in [0.15, 0.2) is 0 Å². The minimum Gasteiger partial charge on any atom is -0.376 e. The normalized spacial score (nSPS) is 18.1. The highest BCUT2D eigenvalue weighted by molar-refractivity contribution is 5.95. The van der Waals surface area contributed by atoms with Gasteiger partial charge in [0.2, 0.25) is 5.91 Å². The summed E-state index contributed by atoms with van der Waals surface area (Å²) in [6, 6.07) is 19.2. The van der Waals surface area contributed by atoms with Crippen LogP contribution in [0.25, 0.3) is 11.3 Å². The summed E-state index contributed by atoms with van der Waals surface area (Å²) in [7, 11) is 0. The van der Waals surface area contributed by atoms with E-state index >= 15 is 0 Å². The van der Waals surface area contributed by atoms with Gasteiger partial charge in [-0.25, -0.2) is 4.68 Å². The molecule has 0 bridgehead atoms. The molecule has 1 atom stereocenters. The number of aryl methyl sites for hydroxylation is 1. The van der Waals surface area contributed by atoms with Crippen LogP contribution in [0.5, 0.6) is 0 Å². The van der Waals surface area contributed by atoms with Crippen LogP contribution in [-0.4, -0.2) is 54.1 Å². The van der Waals surface area contributed by atoms with Crippen molar-refractivity contribution in [2.75, 3.05) is 31.3 Å². The Balaban J connectivity index is 1.26. The number of carbonyl (C=O) groups is 2. The van der Waals surface area contributed by atoms with Gasteiger partial charge in [-0.2, -0.15) is 5.10 Å². The molecule has 2 aliphatic heterocycles. The molecule has 8 heteroatoms. The highest BCUT2D eigenvalue weighted by atomic mass is 16.6. The lowest BCUT2D eigenvalue weighted by atomic mass is 10.1. The second kappa shape index (κ2) is 9.56. The Bertz CT molecular complexity index is 1120. The van der Waals surface area contributed by atoms with Gasteiger partial charge in [0.25, 0.3) is 5.91 Å². The largest absolute Gasteiger partial charge is 0.376 e. The molecular formula is C25H26N4O4. The third-order valence-corrected chi connectivity index (χ3v) is 5.88. The molecule has 1 saturated heterocycles. The fraction of sp³-hybridized carbons (Fsp3) is 0.320. The number of hydrogen-bond acceptors (Lipinski definition) is 5. The van der Waals surface area contributed by atoms with Gasteiger partial charge in [-0.15, -0.1) is 0 Å². The number of aromatic nitrogens is 2. The molecule has 2 amide bonds. The summed E-state index contributed by atoms with van der Waals surface area (Å²) in [6.45, 7) is 3.05. The van der Waals surface area contributed by atoms with Gasteiger partial charge in [-0.05, 0) is 17.7 Å². The highest BCUT2D eigenvalue weighted by Crippen LogP contribution is 2.29. The van der Waals surface area contributed by atoms with Crippen molar-refractivity contribution in [3.63, 3.8) is 0 Å². The van der Waals surface area contributed by atoms with E-state index in [1.807, 2.05) is 53.2 Å². The Morgan fingerprint density at radius 3 is 2.67 bits per heavy atom. The summed E-state index contributed by atoms with van der Waals surface area (Å²) in [6.07, 6.45) is 0.300. The zero-order chi connectivity index (χ0) is 22.6. The van der Waals surface area contributed by atoms with E-state index in [9.17, 15) is 9.59 Å². The lowest BCUT2D eigenvalue weighted by Crippen LogP contribution is -2.39. The Morgan fingerprint density at radius 2 is 1.91 bits per heavy atom. The van der Waals surface area contributed by atoms with E-state index < -0.39 is 0 Å². The number of hydrogen-bond donors (Lipinski definition) is 1. The maximum absolute atomic E-state index is 12.7. The Morgan fingerprint density at radius 1 is 1.09 bits per heavy atom. The lowest BCUT2D eigenvalue weighted by Gasteiger charge is -2.27. The molecule has 1 N–H and O–H groups in total. The molecule has 0 radical (unpaired) electrons. The fourth-order valence-electron chi connectivity index (χ4n) is 4.08. The molecule has 0 spiro atoms. The topological polar surface area (TPSA) is 85.7 Å². The van der Waals surface area contributed by atoms with Crippen LogP contribution in [0.4, 0.5) is 5.82 Å². The SMILES string of the molecule is O=C(NC[C@H]1COCCO1)c1ccc(CN2C(=O)CCn3nc(-c4ccccc4)cc32)cc1. The maximum Gasteiger partial charge on any atom is 0.251 e. The van der Waals surface area contributed by atoms with Gasteiger partial charge in [0.1, 0.15) is 5.82 Å².